The molecule has 0 radical (unpaired) electrons. The maximum Gasteiger partial charge on any atom is 0.261 e. The number of methoxy groups -OCH3 is 1. The summed E-state index contributed by atoms with van der Waals surface area (Å²) in [6, 6.07) is 12.6. The van der Waals surface area contributed by atoms with Gasteiger partial charge in [0, 0.05) is 0 Å². The number of benzene rings is 2. The van der Waals surface area contributed by atoms with Gasteiger partial charge < -0.3 is 9.84 Å². The molecule has 102 valence electrons. The molecule has 5 nitrogen and oxygen atoms in total. The van der Waals surface area contributed by atoms with Crippen LogP contribution in [0, 0.1) is 0 Å². The van der Waals surface area contributed by atoms with Gasteiger partial charge in [-0.1, -0.05) is 24.3 Å². The molecule has 0 saturated heterocycles. The molecule has 0 aliphatic rings. The highest BCUT2D eigenvalue weighted by atomic mass is 16.5. The summed E-state index contributed by atoms with van der Waals surface area (Å²) in [5.74, 6) is -1.07. The smallest absolute Gasteiger partial charge is 0.261 e. The molecule has 2 aromatic carbocycles. The Morgan fingerprint density at radius 2 is 1.50 bits per heavy atom. The second-order valence-electron chi connectivity index (χ2n) is 4.00. The fourth-order valence-electron chi connectivity index (χ4n) is 1.74. The SMILES string of the molecule is COc1ccccc1C(=O)NC(=O)c1ccccc1O. The monoisotopic (exact) mass is 271 g/mol. The van der Waals surface area contributed by atoms with Crippen LogP contribution >= 0.6 is 0 Å². The van der Waals surface area contributed by atoms with Crippen molar-refractivity contribution in [3.63, 3.8) is 0 Å². The molecule has 20 heavy (non-hydrogen) atoms. The summed E-state index contributed by atoms with van der Waals surface area (Å²) in [4.78, 5) is 23.9. The largest absolute Gasteiger partial charge is 0.507 e. The van der Waals surface area contributed by atoms with Gasteiger partial charge in [-0.3, -0.25) is 14.9 Å². The van der Waals surface area contributed by atoms with E-state index < -0.39 is 11.8 Å². The standard InChI is InChI=1S/C15H13NO4/c1-20-13-9-5-3-7-11(13)15(19)16-14(18)10-6-2-4-8-12(10)17/h2-9,17H,1H3,(H,16,18,19). The van der Waals surface area contributed by atoms with Crippen LogP contribution in [0.4, 0.5) is 0 Å². The third-order valence-corrected chi connectivity index (χ3v) is 2.73. The molecular weight excluding hydrogens is 258 g/mol. The molecule has 2 rings (SSSR count). The van der Waals surface area contributed by atoms with Gasteiger partial charge in [0.05, 0.1) is 18.2 Å². The first-order valence-corrected chi connectivity index (χ1v) is 5.90. The number of para-hydroxylation sites is 2. The highest BCUT2D eigenvalue weighted by molar-refractivity contribution is 6.12. The quantitative estimate of drug-likeness (QED) is 0.837. The lowest BCUT2D eigenvalue weighted by molar-refractivity contribution is 0.0846. The third kappa shape index (κ3) is 2.77. The summed E-state index contributed by atoms with van der Waals surface area (Å²) in [6.45, 7) is 0. The molecule has 2 aromatic rings. The van der Waals surface area contributed by atoms with E-state index in [2.05, 4.69) is 5.32 Å². The van der Waals surface area contributed by atoms with E-state index in [-0.39, 0.29) is 16.9 Å². The van der Waals surface area contributed by atoms with Gasteiger partial charge in [0.15, 0.2) is 0 Å². The fourth-order valence-corrected chi connectivity index (χ4v) is 1.74. The number of phenolic OH excluding ortho intramolecular Hbond substituents is 1. The highest BCUT2D eigenvalue weighted by Crippen LogP contribution is 2.18. The Bertz CT molecular complexity index is 652. The minimum absolute atomic E-state index is 0.0377. The van der Waals surface area contributed by atoms with Crippen LogP contribution in [0.2, 0.25) is 0 Å². The van der Waals surface area contributed by atoms with Crippen molar-refractivity contribution in [2.45, 2.75) is 0 Å². The number of imide groups is 1. The number of ether oxygens (including phenoxy) is 1. The topological polar surface area (TPSA) is 75.6 Å². The van der Waals surface area contributed by atoms with E-state index in [9.17, 15) is 14.7 Å². The minimum Gasteiger partial charge on any atom is -0.507 e. The zero-order valence-electron chi connectivity index (χ0n) is 10.8. The van der Waals surface area contributed by atoms with Crippen molar-refractivity contribution >= 4 is 11.8 Å². The number of rotatable bonds is 3. The Hall–Kier alpha value is -2.82. The molecule has 0 spiro atoms. The first kappa shape index (κ1) is 13.6. The lowest BCUT2D eigenvalue weighted by Gasteiger charge is -2.08. The minimum atomic E-state index is -0.668. The second-order valence-corrected chi connectivity index (χ2v) is 4.00. The Morgan fingerprint density at radius 3 is 2.15 bits per heavy atom. The summed E-state index contributed by atoms with van der Waals surface area (Å²) in [6.07, 6.45) is 0. The van der Waals surface area contributed by atoms with Crippen molar-refractivity contribution in [3.8, 4) is 11.5 Å². The van der Waals surface area contributed by atoms with Gasteiger partial charge in [0.25, 0.3) is 11.8 Å². The maximum absolute atomic E-state index is 12.0. The zero-order chi connectivity index (χ0) is 14.5. The van der Waals surface area contributed by atoms with Crippen molar-refractivity contribution in [1.82, 2.24) is 5.32 Å². The summed E-state index contributed by atoms with van der Waals surface area (Å²) >= 11 is 0. The molecule has 0 atom stereocenters. The number of carbonyl (C=O) groups is 2. The first-order chi connectivity index (χ1) is 9.63. The predicted octanol–water partition coefficient (Wildman–Crippen LogP) is 1.97. The van der Waals surface area contributed by atoms with Gasteiger partial charge in [-0.15, -0.1) is 0 Å². The van der Waals surface area contributed by atoms with Gasteiger partial charge in [0.1, 0.15) is 11.5 Å². The fraction of sp³-hybridized carbons (Fsp3) is 0.0667. The maximum atomic E-state index is 12.0. The molecule has 2 amide bonds. The van der Waals surface area contributed by atoms with Crippen molar-refractivity contribution < 1.29 is 19.4 Å². The van der Waals surface area contributed by atoms with E-state index >= 15 is 0 Å². The molecule has 5 heteroatoms. The van der Waals surface area contributed by atoms with Gasteiger partial charge >= 0.3 is 0 Å². The van der Waals surface area contributed by atoms with Crippen molar-refractivity contribution in [1.29, 1.82) is 0 Å². The Balaban J connectivity index is 2.20. The number of carbonyl (C=O) groups excluding carboxylic acids is 2. The molecule has 0 aliphatic carbocycles. The van der Waals surface area contributed by atoms with E-state index in [0.717, 1.165) is 0 Å². The van der Waals surface area contributed by atoms with Crippen molar-refractivity contribution in [2.24, 2.45) is 0 Å². The van der Waals surface area contributed by atoms with Crippen LogP contribution in [0.15, 0.2) is 48.5 Å². The molecule has 0 aromatic heterocycles. The Kier molecular flexibility index (Phi) is 4.00. The number of phenols is 1. The van der Waals surface area contributed by atoms with E-state index in [1.54, 1.807) is 36.4 Å². The normalized spacial score (nSPS) is 9.85. The number of nitrogens with one attached hydrogen (secondary N) is 1. The number of hydrogen-bond donors (Lipinski definition) is 2. The average molecular weight is 271 g/mol. The molecule has 2 N–H and O–H groups in total. The molecule has 0 fully saturated rings. The molecule has 0 aliphatic heterocycles. The summed E-state index contributed by atoms with van der Waals surface area (Å²) in [5.41, 5.74) is 0.287. The Labute approximate surface area is 115 Å². The van der Waals surface area contributed by atoms with Crippen molar-refractivity contribution in [2.75, 3.05) is 7.11 Å². The summed E-state index contributed by atoms with van der Waals surface area (Å²) in [7, 11) is 1.44. The van der Waals surface area contributed by atoms with E-state index in [1.165, 1.54) is 19.2 Å². The number of hydrogen-bond acceptors (Lipinski definition) is 4. The van der Waals surface area contributed by atoms with Crippen LogP contribution in [0.1, 0.15) is 20.7 Å². The number of aromatic hydroxyl groups is 1. The van der Waals surface area contributed by atoms with Gasteiger partial charge in [-0.25, -0.2) is 0 Å². The molecular formula is C15H13NO4. The van der Waals surface area contributed by atoms with E-state index in [4.69, 9.17) is 4.74 Å². The van der Waals surface area contributed by atoms with Crippen LogP contribution in [-0.4, -0.2) is 24.0 Å². The van der Waals surface area contributed by atoms with E-state index in [1.807, 2.05) is 0 Å². The van der Waals surface area contributed by atoms with E-state index in [0.29, 0.717) is 5.75 Å². The predicted molar refractivity (Wildman–Crippen MR) is 72.9 cm³/mol. The highest BCUT2D eigenvalue weighted by Gasteiger charge is 2.17. The van der Waals surface area contributed by atoms with Crippen LogP contribution in [-0.2, 0) is 0 Å². The molecule has 0 unspecified atom stereocenters. The summed E-state index contributed by atoms with van der Waals surface area (Å²) in [5, 5.41) is 11.8. The van der Waals surface area contributed by atoms with Crippen LogP contribution < -0.4 is 10.1 Å². The molecule has 0 heterocycles. The lowest BCUT2D eigenvalue weighted by Crippen LogP contribution is -2.30. The molecule has 0 saturated carbocycles. The second kappa shape index (κ2) is 5.88. The lowest BCUT2D eigenvalue weighted by atomic mass is 10.1. The summed E-state index contributed by atoms with van der Waals surface area (Å²) < 4.78 is 5.06. The van der Waals surface area contributed by atoms with Crippen LogP contribution in [0.3, 0.4) is 0 Å². The number of amides is 2. The van der Waals surface area contributed by atoms with Crippen LogP contribution in [0.5, 0.6) is 11.5 Å². The average Bonchev–Trinajstić information content (AvgIpc) is 2.47. The Morgan fingerprint density at radius 1 is 0.950 bits per heavy atom. The van der Waals surface area contributed by atoms with Crippen molar-refractivity contribution in [3.05, 3.63) is 59.7 Å². The van der Waals surface area contributed by atoms with Gasteiger partial charge in [-0.05, 0) is 24.3 Å². The van der Waals surface area contributed by atoms with Gasteiger partial charge in [0.2, 0.25) is 0 Å². The first-order valence-electron chi connectivity index (χ1n) is 5.90. The third-order valence-electron chi connectivity index (χ3n) is 2.73. The molecule has 0 bridgehead atoms. The van der Waals surface area contributed by atoms with Gasteiger partial charge in [-0.2, -0.15) is 0 Å². The van der Waals surface area contributed by atoms with Crippen LogP contribution in [0.25, 0.3) is 0 Å². The zero-order valence-corrected chi connectivity index (χ0v) is 10.8.